The molecule has 0 fully saturated rings. The first-order valence-electron chi connectivity index (χ1n) is 7.53. The van der Waals surface area contributed by atoms with Crippen molar-refractivity contribution in [3.05, 3.63) is 0 Å². The quantitative estimate of drug-likeness (QED) is 0.514. The first-order chi connectivity index (χ1) is 8.42. The van der Waals surface area contributed by atoms with E-state index in [1.54, 1.807) is 0 Å². The van der Waals surface area contributed by atoms with Gasteiger partial charge in [-0.2, -0.15) is 0 Å². The summed E-state index contributed by atoms with van der Waals surface area (Å²) in [6, 6.07) is 1.13. The summed E-state index contributed by atoms with van der Waals surface area (Å²) < 4.78 is 12.0. The average molecular weight is 275 g/mol. The molecule has 3 heteroatoms. The predicted octanol–water partition coefficient (Wildman–Crippen LogP) is 5.13. The summed E-state index contributed by atoms with van der Waals surface area (Å²) in [5.41, 5.74) is 0. The van der Waals surface area contributed by atoms with E-state index in [9.17, 15) is 0 Å². The molecule has 0 bridgehead atoms. The zero-order valence-electron chi connectivity index (χ0n) is 13.6. The second-order valence-corrected chi connectivity index (χ2v) is 10.1. The maximum Gasteiger partial charge on any atom is 0.343 e. The molecule has 2 nitrogen and oxygen atoms in total. The highest BCUT2D eigenvalue weighted by molar-refractivity contribution is 6.70. The van der Waals surface area contributed by atoms with Crippen molar-refractivity contribution in [1.29, 1.82) is 0 Å². The molecule has 0 aliphatic rings. The average Bonchev–Trinajstić information content (AvgIpc) is 2.38. The summed E-state index contributed by atoms with van der Waals surface area (Å²) in [4.78, 5) is 0. The van der Waals surface area contributed by atoms with Crippen molar-refractivity contribution < 1.29 is 8.85 Å². The van der Waals surface area contributed by atoms with E-state index < -0.39 is 8.56 Å². The van der Waals surface area contributed by atoms with Crippen molar-refractivity contribution >= 4 is 8.56 Å². The Morgan fingerprint density at radius 2 is 1.50 bits per heavy atom. The van der Waals surface area contributed by atoms with Crippen molar-refractivity contribution in [3.63, 3.8) is 0 Å². The van der Waals surface area contributed by atoms with Gasteiger partial charge in [-0.1, -0.05) is 60.3 Å². The Morgan fingerprint density at radius 1 is 1.00 bits per heavy atom. The molecule has 0 heterocycles. The summed E-state index contributed by atoms with van der Waals surface area (Å²) in [5, 5.41) is 0.190. The van der Waals surface area contributed by atoms with E-state index in [4.69, 9.17) is 8.85 Å². The summed E-state index contributed by atoms with van der Waals surface area (Å²) >= 11 is 0. The fourth-order valence-electron chi connectivity index (χ4n) is 2.85. The van der Waals surface area contributed by atoms with Gasteiger partial charge >= 0.3 is 8.56 Å². The molecule has 0 spiro atoms. The molecule has 0 aromatic rings. The zero-order valence-corrected chi connectivity index (χ0v) is 14.6. The van der Waals surface area contributed by atoms with E-state index in [0.29, 0.717) is 0 Å². The van der Waals surface area contributed by atoms with Gasteiger partial charge in [0.05, 0.1) is 0 Å². The van der Waals surface area contributed by atoms with Crippen LogP contribution >= 0.6 is 0 Å². The lowest BCUT2D eigenvalue weighted by atomic mass is 10.1. The smallest absolute Gasteiger partial charge is 0.343 e. The topological polar surface area (TPSA) is 18.5 Å². The maximum atomic E-state index is 6.00. The predicted molar refractivity (Wildman–Crippen MR) is 82.2 cm³/mol. The minimum absolute atomic E-state index is 0.190. The molecule has 0 saturated carbocycles. The van der Waals surface area contributed by atoms with Gasteiger partial charge in [0, 0.05) is 19.3 Å². The Morgan fingerprint density at radius 3 is 1.83 bits per heavy atom. The third-order valence-electron chi connectivity index (χ3n) is 4.56. The van der Waals surface area contributed by atoms with Gasteiger partial charge in [-0.25, -0.2) is 0 Å². The van der Waals surface area contributed by atoms with E-state index in [0.717, 1.165) is 12.0 Å². The van der Waals surface area contributed by atoms with E-state index >= 15 is 0 Å². The highest BCUT2D eigenvalue weighted by atomic mass is 28.4. The van der Waals surface area contributed by atoms with Crippen LogP contribution in [0.5, 0.6) is 0 Å². The van der Waals surface area contributed by atoms with Gasteiger partial charge in [0.15, 0.2) is 0 Å². The third-order valence-corrected chi connectivity index (χ3v) is 9.30. The summed E-state index contributed by atoms with van der Waals surface area (Å²) in [6.07, 6.45) is 6.16. The maximum absolute atomic E-state index is 6.00. The molecule has 110 valence electrons. The Hall–Kier alpha value is 0.137. The van der Waals surface area contributed by atoms with Crippen LogP contribution in [-0.2, 0) is 8.85 Å². The standard InChI is InChI=1S/C15H34O2Si/c1-8-11-12-15(4,5)18(16-6,17-7)13-14(9-2)10-3/h14H,8-13H2,1-7H3. The molecule has 0 radical (unpaired) electrons. The largest absolute Gasteiger partial charge is 0.397 e. The van der Waals surface area contributed by atoms with Crippen LogP contribution in [0.25, 0.3) is 0 Å². The minimum Gasteiger partial charge on any atom is -0.397 e. The zero-order chi connectivity index (χ0) is 14.2. The molecule has 0 rings (SSSR count). The molecule has 0 aliphatic heterocycles. The van der Waals surface area contributed by atoms with Crippen molar-refractivity contribution in [2.75, 3.05) is 14.2 Å². The van der Waals surface area contributed by atoms with Crippen molar-refractivity contribution in [2.24, 2.45) is 5.92 Å². The minimum atomic E-state index is -2.11. The molecule has 0 aliphatic carbocycles. The van der Waals surface area contributed by atoms with E-state index in [-0.39, 0.29) is 5.04 Å². The Labute approximate surface area is 116 Å². The van der Waals surface area contributed by atoms with E-state index in [2.05, 4.69) is 34.6 Å². The fourth-order valence-corrected chi connectivity index (χ4v) is 6.90. The second kappa shape index (κ2) is 8.34. The summed E-state index contributed by atoms with van der Waals surface area (Å²) in [6.45, 7) is 11.5. The molecule has 0 saturated heterocycles. The first-order valence-corrected chi connectivity index (χ1v) is 9.55. The van der Waals surface area contributed by atoms with Gasteiger partial charge in [0.1, 0.15) is 0 Å². The van der Waals surface area contributed by atoms with Gasteiger partial charge in [-0.3, -0.25) is 0 Å². The number of hydrogen-bond acceptors (Lipinski definition) is 2. The summed E-state index contributed by atoms with van der Waals surface area (Å²) in [7, 11) is 1.59. The van der Waals surface area contributed by atoms with Crippen LogP contribution in [0.3, 0.4) is 0 Å². The Balaban J connectivity index is 4.98. The second-order valence-electron chi connectivity index (χ2n) is 6.04. The molecule has 0 unspecified atom stereocenters. The van der Waals surface area contributed by atoms with Crippen LogP contribution < -0.4 is 0 Å². The van der Waals surface area contributed by atoms with Crippen molar-refractivity contribution in [1.82, 2.24) is 0 Å². The lowest BCUT2D eigenvalue weighted by molar-refractivity contribution is 0.196. The third kappa shape index (κ3) is 4.36. The van der Waals surface area contributed by atoms with Gasteiger partial charge in [-0.05, 0) is 18.4 Å². The van der Waals surface area contributed by atoms with Gasteiger partial charge < -0.3 is 8.85 Å². The normalized spacial score (nSPS) is 13.3. The number of hydrogen-bond donors (Lipinski definition) is 0. The SMILES string of the molecule is CCCCC(C)(C)[Si](CC(CC)CC)(OC)OC. The summed E-state index contributed by atoms with van der Waals surface area (Å²) in [5.74, 6) is 0.734. The van der Waals surface area contributed by atoms with E-state index in [1.165, 1.54) is 32.1 Å². The lowest BCUT2D eigenvalue weighted by Crippen LogP contribution is -2.51. The lowest BCUT2D eigenvalue weighted by Gasteiger charge is -2.43. The molecule has 0 atom stereocenters. The van der Waals surface area contributed by atoms with E-state index in [1.807, 2.05) is 14.2 Å². The number of unbranched alkanes of at least 4 members (excludes halogenated alkanes) is 1. The van der Waals surface area contributed by atoms with Crippen LogP contribution in [0.15, 0.2) is 0 Å². The molecule has 0 aromatic heterocycles. The molecular weight excluding hydrogens is 240 g/mol. The highest BCUT2D eigenvalue weighted by Crippen LogP contribution is 2.46. The van der Waals surface area contributed by atoms with Crippen LogP contribution in [0.2, 0.25) is 11.1 Å². The van der Waals surface area contributed by atoms with Gasteiger partial charge in [0.25, 0.3) is 0 Å². The first kappa shape index (κ1) is 18.1. The fraction of sp³-hybridized carbons (Fsp3) is 1.00. The van der Waals surface area contributed by atoms with Crippen LogP contribution in [0.4, 0.5) is 0 Å². The number of rotatable bonds is 10. The van der Waals surface area contributed by atoms with Gasteiger partial charge in [-0.15, -0.1) is 0 Å². The van der Waals surface area contributed by atoms with Crippen LogP contribution in [0, 0.1) is 5.92 Å². The molecule has 0 N–H and O–H groups in total. The Kier molecular flexibility index (Phi) is 8.40. The monoisotopic (exact) mass is 274 g/mol. The molecule has 18 heavy (non-hydrogen) atoms. The van der Waals surface area contributed by atoms with Crippen LogP contribution in [0.1, 0.15) is 66.7 Å². The van der Waals surface area contributed by atoms with Crippen molar-refractivity contribution in [3.8, 4) is 0 Å². The van der Waals surface area contributed by atoms with Crippen molar-refractivity contribution in [2.45, 2.75) is 77.8 Å². The van der Waals surface area contributed by atoms with Gasteiger partial charge in [0.2, 0.25) is 0 Å². The molecule has 0 amide bonds. The highest BCUT2D eigenvalue weighted by Gasteiger charge is 2.50. The Bertz CT molecular complexity index is 209. The molecular formula is C15H34O2Si. The molecule has 0 aromatic carbocycles. The van der Waals surface area contributed by atoms with Crippen LogP contribution in [-0.4, -0.2) is 22.8 Å².